The molecule has 1 N–H and O–H groups in total. The van der Waals surface area contributed by atoms with Gasteiger partial charge in [-0.05, 0) is 6.42 Å². The van der Waals surface area contributed by atoms with Gasteiger partial charge in [0, 0.05) is 23.4 Å². The molecule has 70 valence electrons. The summed E-state index contributed by atoms with van der Waals surface area (Å²) in [5.41, 5.74) is 1.85. The summed E-state index contributed by atoms with van der Waals surface area (Å²) >= 11 is 3.48. The highest BCUT2D eigenvalue weighted by molar-refractivity contribution is 8.13. The average molecular weight is 213 g/mol. The smallest absolute Gasteiger partial charge is 0.156 e. The van der Waals surface area contributed by atoms with Gasteiger partial charge in [-0.15, -0.1) is 11.3 Å². The number of thiazole rings is 1. The third kappa shape index (κ3) is 2.70. The lowest BCUT2D eigenvalue weighted by Gasteiger charge is -2.11. The maximum atomic E-state index is 4.38. The van der Waals surface area contributed by atoms with Crippen LogP contribution in [-0.4, -0.2) is 22.4 Å². The molecule has 0 atom stereocenters. The van der Waals surface area contributed by atoms with E-state index in [9.17, 15) is 0 Å². The van der Waals surface area contributed by atoms with Gasteiger partial charge in [-0.3, -0.25) is 9.98 Å². The van der Waals surface area contributed by atoms with Crippen LogP contribution in [0.15, 0.2) is 16.7 Å². The molecular weight excluding hydrogens is 202 g/mol. The quantitative estimate of drug-likeness (QED) is 0.813. The van der Waals surface area contributed by atoms with Crippen molar-refractivity contribution in [3.05, 3.63) is 16.6 Å². The first kappa shape index (κ1) is 9.02. The van der Waals surface area contributed by atoms with E-state index in [1.54, 1.807) is 11.3 Å². The molecule has 1 aromatic rings. The lowest BCUT2D eigenvalue weighted by Crippen LogP contribution is -2.22. The van der Waals surface area contributed by atoms with Crippen LogP contribution < -0.4 is 5.32 Å². The first-order valence-electron chi connectivity index (χ1n) is 4.23. The third-order valence-corrected chi connectivity index (χ3v) is 3.51. The van der Waals surface area contributed by atoms with Crippen molar-refractivity contribution in [1.29, 1.82) is 0 Å². The number of nitrogens with one attached hydrogen (secondary N) is 1. The molecule has 1 aromatic heterocycles. The maximum Gasteiger partial charge on any atom is 0.156 e. The van der Waals surface area contributed by atoms with E-state index in [1.165, 1.54) is 17.1 Å². The van der Waals surface area contributed by atoms with E-state index in [0.717, 1.165) is 18.3 Å². The molecule has 1 aliphatic rings. The Labute approximate surface area is 85.7 Å². The van der Waals surface area contributed by atoms with Crippen LogP contribution in [0, 0.1) is 0 Å². The van der Waals surface area contributed by atoms with Gasteiger partial charge in [0.1, 0.15) is 0 Å². The first-order chi connectivity index (χ1) is 6.45. The fraction of sp³-hybridized carbons (Fsp3) is 0.500. The SMILES string of the molecule is c1ncc(CNC2=NCCCS2)s1. The highest BCUT2D eigenvalue weighted by atomic mass is 32.2. The first-order valence-corrected chi connectivity index (χ1v) is 6.10. The van der Waals surface area contributed by atoms with E-state index in [2.05, 4.69) is 15.3 Å². The van der Waals surface area contributed by atoms with Crippen LogP contribution in [0.3, 0.4) is 0 Å². The summed E-state index contributed by atoms with van der Waals surface area (Å²) in [4.78, 5) is 9.66. The van der Waals surface area contributed by atoms with Crippen molar-refractivity contribution in [2.24, 2.45) is 4.99 Å². The molecule has 0 bridgehead atoms. The molecule has 0 unspecified atom stereocenters. The number of aromatic nitrogens is 1. The Morgan fingerprint density at radius 2 is 2.54 bits per heavy atom. The monoisotopic (exact) mass is 213 g/mol. The predicted octanol–water partition coefficient (Wildman–Crippen LogP) is 1.73. The number of amidine groups is 1. The molecule has 3 nitrogen and oxygen atoms in total. The summed E-state index contributed by atoms with van der Waals surface area (Å²) in [6.07, 6.45) is 3.10. The Morgan fingerprint density at radius 3 is 3.23 bits per heavy atom. The van der Waals surface area contributed by atoms with Crippen LogP contribution in [0.25, 0.3) is 0 Å². The van der Waals surface area contributed by atoms with Crippen molar-refractivity contribution in [1.82, 2.24) is 10.3 Å². The summed E-state index contributed by atoms with van der Waals surface area (Å²) in [5, 5.41) is 4.39. The molecule has 2 heterocycles. The lowest BCUT2D eigenvalue weighted by molar-refractivity contribution is 0.887. The lowest BCUT2D eigenvalue weighted by atomic mass is 10.5. The Morgan fingerprint density at radius 1 is 1.54 bits per heavy atom. The van der Waals surface area contributed by atoms with E-state index < -0.39 is 0 Å². The van der Waals surface area contributed by atoms with Crippen LogP contribution in [0.2, 0.25) is 0 Å². The number of hydrogen-bond donors (Lipinski definition) is 1. The average Bonchev–Trinajstić information content (AvgIpc) is 2.69. The van der Waals surface area contributed by atoms with Gasteiger partial charge in [0.15, 0.2) is 5.17 Å². The highest BCUT2D eigenvalue weighted by Gasteiger charge is 2.04. The molecule has 0 saturated heterocycles. The van der Waals surface area contributed by atoms with Crippen molar-refractivity contribution in [3.63, 3.8) is 0 Å². The van der Waals surface area contributed by atoms with Gasteiger partial charge in [0.05, 0.1) is 12.1 Å². The normalized spacial score (nSPS) is 16.8. The van der Waals surface area contributed by atoms with Gasteiger partial charge < -0.3 is 5.32 Å². The van der Waals surface area contributed by atoms with Crippen LogP contribution in [-0.2, 0) is 6.54 Å². The van der Waals surface area contributed by atoms with E-state index in [0.29, 0.717) is 0 Å². The molecule has 0 fully saturated rings. The topological polar surface area (TPSA) is 37.3 Å². The zero-order chi connectivity index (χ0) is 8.93. The Balaban J connectivity index is 1.82. The second-order valence-corrected chi connectivity index (χ2v) is 4.76. The highest BCUT2D eigenvalue weighted by Crippen LogP contribution is 2.11. The Hall–Kier alpha value is -0.550. The van der Waals surface area contributed by atoms with E-state index >= 15 is 0 Å². The Bertz CT molecular complexity index is 282. The number of aliphatic imine (C=N–C) groups is 1. The van der Waals surface area contributed by atoms with Gasteiger partial charge >= 0.3 is 0 Å². The zero-order valence-corrected chi connectivity index (χ0v) is 8.83. The number of hydrogen-bond acceptors (Lipinski definition) is 5. The summed E-state index contributed by atoms with van der Waals surface area (Å²) in [5.74, 6) is 1.19. The zero-order valence-electron chi connectivity index (χ0n) is 7.19. The summed E-state index contributed by atoms with van der Waals surface area (Å²) in [6.45, 7) is 1.83. The third-order valence-electron chi connectivity index (χ3n) is 1.69. The molecule has 5 heteroatoms. The number of nitrogens with zero attached hydrogens (tertiary/aromatic N) is 2. The van der Waals surface area contributed by atoms with Gasteiger partial charge in [-0.1, -0.05) is 11.8 Å². The molecule has 0 aliphatic carbocycles. The largest absolute Gasteiger partial charge is 0.360 e. The van der Waals surface area contributed by atoms with Crippen LogP contribution >= 0.6 is 23.1 Å². The summed E-state index contributed by atoms with van der Waals surface area (Å²) in [7, 11) is 0. The van der Waals surface area contributed by atoms with E-state index in [-0.39, 0.29) is 0 Å². The van der Waals surface area contributed by atoms with Gasteiger partial charge in [-0.2, -0.15) is 0 Å². The second-order valence-electron chi connectivity index (χ2n) is 2.71. The molecule has 0 saturated carbocycles. The maximum absolute atomic E-state index is 4.38. The molecule has 2 rings (SSSR count). The Kier molecular flexibility index (Phi) is 3.21. The van der Waals surface area contributed by atoms with Crippen molar-refractivity contribution >= 4 is 28.3 Å². The molecule has 1 aliphatic heterocycles. The predicted molar refractivity (Wildman–Crippen MR) is 58.3 cm³/mol. The minimum atomic E-state index is 0.858. The standard InChI is InChI=1S/C8H11N3S2/c1-2-10-8(12-3-1)11-5-7-4-9-6-13-7/h4,6H,1-3,5H2,(H,10,11). The fourth-order valence-corrected chi connectivity index (χ4v) is 2.42. The van der Waals surface area contributed by atoms with Gasteiger partial charge in [-0.25, -0.2) is 0 Å². The van der Waals surface area contributed by atoms with E-state index in [4.69, 9.17) is 0 Å². The molecule has 0 radical (unpaired) electrons. The van der Waals surface area contributed by atoms with Crippen molar-refractivity contribution < 1.29 is 0 Å². The second kappa shape index (κ2) is 4.62. The van der Waals surface area contributed by atoms with Gasteiger partial charge in [0.2, 0.25) is 0 Å². The van der Waals surface area contributed by atoms with Crippen LogP contribution in [0.5, 0.6) is 0 Å². The molecule has 0 spiro atoms. The number of thioether (sulfide) groups is 1. The summed E-state index contributed by atoms with van der Waals surface area (Å²) < 4.78 is 0. The summed E-state index contributed by atoms with van der Waals surface area (Å²) in [6, 6.07) is 0. The molecule has 13 heavy (non-hydrogen) atoms. The minimum absolute atomic E-state index is 0.858. The van der Waals surface area contributed by atoms with Crippen molar-refractivity contribution in [3.8, 4) is 0 Å². The minimum Gasteiger partial charge on any atom is -0.360 e. The van der Waals surface area contributed by atoms with Crippen LogP contribution in [0.4, 0.5) is 0 Å². The fourth-order valence-electron chi connectivity index (χ4n) is 1.06. The van der Waals surface area contributed by atoms with Gasteiger partial charge in [0.25, 0.3) is 0 Å². The van der Waals surface area contributed by atoms with Crippen molar-refractivity contribution in [2.75, 3.05) is 12.3 Å². The molecule has 0 aromatic carbocycles. The number of rotatable bonds is 2. The molecule has 0 amide bonds. The molecular formula is C8H11N3S2. The van der Waals surface area contributed by atoms with Crippen LogP contribution in [0.1, 0.15) is 11.3 Å². The van der Waals surface area contributed by atoms with E-state index in [1.807, 2.05) is 23.5 Å². The van der Waals surface area contributed by atoms with Crippen molar-refractivity contribution in [2.45, 2.75) is 13.0 Å².